The number of carbonyl (C=O) groups excluding carboxylic acids is 2. The monoisotopic (exact) mass is 349 g/mol. The Hall–Kier alpha value is -3.41. The highest BCUT2D eigenvalue weighted by Crippen LogP contribution is 2.22. The molecule has 0 aliphatic carbocycles. The molecule has 0 aliphatic heterocycles. The van der Waals surface area contributed by atoms with Crippen molar-refractivity contribution in [2.75, 3.05) is 13.1 Å². The van der Waals surface area contributed by atoms with Crippen LogP contribution in [0, 0.1) is 6.92 Å². The lowest BCUT2D eigenvalue weighted by atomic mass is 10.1. The third-order valence-corrected chi connectivity index (χ3v) is 3.79. The molecule has 2 aromatic heterocycles. The molecule has 1 aromatic carbocycles. The van der Waals surface area contributed by atoms with E-state index in [-0.39, 0.29) is 11.8 Å². The van der Waals surface area contributed by atoms with Crippen LogP contribution in [0.5, 0.6) is 0 Å². The van der Waals surface area contributed by atoms with Gasteiger partial charge < -0.3 is 15.1 Å². The first-order chi connectivity index (χ1) is 12.6. The minimum atomic E-state index is -0.217. The summed E-state index contributed by atoms with van der Waals surface area (Å²) < 4.78 is 5.56. The van der Waals surface area contributed by atoms with Gasteiger partial charge in [-0.15, -0.1) is 0 Å². The lowest BCUT2D eigenvalue weighted by Gasteiger charge is -2.07. The molecule has 0 spiro atoms. The van der Waals surface area contributed by atoms with Gasteiger partial charge in [-0.25, -0.2) is 0 Å². The fourth-order valence-corrected chi connectivity index (χ4v) is 2.43. The molecule has 0 bridgehead atoms. The van der Waals surface area contributed by atoms with Crippen molar-refractivity contribution in [2.45, 2.75) is 6.92 Å². The smallest absolute Gasteiger partial charge is 0.252 e. The molecule has 0 radical (unpaired) electrons. The summed E-state index contributed by atoms with van der Waals surface area (Å²) in [7, 11) is 0. The number of furan rings is 1. The Morgan fingerprint density at radius 1 is 0.923 bits per heavy atom. The summed E-state index contributed by atoms with van der Waals surface area (Å²) in [6.07, 6.45) is 3.10. The van der Waals surface area contributed by atoms with E-state index in [1.165, 1.54) is 6.20 Å². The Morgan fingerprint density at radius 2 is 1.62 bits per heavy atom. The molecule has 26 heavy (non-hydrogen) atoms. The highest BCUT2D eigenvalue weighted by atomic mass is 16.3. The lowest BCUT2D eigenvalue weighted by molar-refractivity contribution is 0.0927. The van der Waals surface area contributed by atoms with E-state index >= 15 is 0 Å². The first-order valence-electron chi connectivity index (χ1n) is 8.27. The minimum absolute atomic E-state index is 0.192. The van der Waals surface area contributed by atoms with Crippen LogP contribution in [0.25, 0.3) is 11.3 Å². The maximum absolute atomic E-state index is 12.2. The molecule has 0 aliphatic rings. The van der Waals surface area contributed by atoms with Gasteiger partial charge in [-0.1, -0.05) is 12.1 Å². The number of nitrogens with one attached hydrogen (secondary N) is 2. The fraction of sp³-hybridized carbons (Fsp3) is 0.150. The van der Waals surface area contributed by atoms with E-state index in [1.54, 1.807) is 30.5 Å². The van der Waals surface area contributed by atoms with E-state index in [0.717, 1.165) is 17.1 Å². The first-order valence-corrected chi connectivity index (χ1v) is 8.27. The Bertz CT molecular complexity index is 886. The number of rotatable bonds is 6. The summed E-state index contributed by atoms with van der Waals surface area (Å²) in [5, 5.41) is 5.51. The van der Waals surface area contributed by atoms with Gasteiger partial charge in [-0.3, -0.25) is 14.6 Å². The Kier molecular flexibility index (Phi) is 5.43. The number of amides is 2. The summed E-state index contributed by atoms with van der Waals surface area (Å²) in [5.41, 5.74) is 1.96. The van der Waals surface area contributed by atoms with E-state index in [4.69, 9.17) is 4.42 Å². The van der Waals surface area contributed by atoms with Gasteiger partial charge in [0.25, 0.3) is 11.8 Å². The number of carbonyl (C=O) groups is 2. The summed E-state index contributed by atoms with van der Waals surface area (Å²) in [4.78, 5) is 27.9. The van der Waals surface area contributed by atoms with E-state index in [1.807, 2.05) is 31.2 Å². The number of aromatic nitrogens is 1. The maximum atomic E-state index is 12.2. The highest BCUT2D eigenvalue weighted by molar-refractivity contribution is 5.95. The lowest BCUT2D eigenvalue weighted by Crippen LogP contribution is -2.34. The fourth-order valence-electron chi connectivity index (χ4n) is 2.43. The van der Waals surface area contributed by atoms with Crippen LogP contribution < -0.4 is 10.6 Å². The van der Waals surface area contributed by atoms with Gasteiger partial charge >= 0.3 is 0 Å². The molecule has 0 saturated heterocycles. The second-order valence-electron chi connectivity index (χ2n) is 5.74. The number of hydrogen-bond acceptors (Lipinski definition) is 4. The molecule has 0 saturated carbocycles. The highest BCUT2D eigenvalue weighted by Gasteiger charge is 2.08. The van der Waals surface area contributed by atoms with Crippen LogP contribution >= 0.6 is 0 Å². The standard InChI is InChI=1S/C20H19N3O3/c1-14-4-9-18(26-14)15-5-7-16(8-6-15)19(24)22-11-12-23-20(25)17-3-2-10-21-13-17/h2-10,13H,11-12H2,1H3,(H,22,24)(H,23,25). The second-order valence-corrected chi connectivity index (χ2v) is 5.74. The minimum Gasteiger partial charge on any atom is -0.461 e. The maximum Gasteiger partial charge on any atom is 0.252 e. The molecule has 2 N–H and O–H groups in total. The van der Waals surface area contributed by atoms with Gasteiger partial charge in [0.15, 0.2) is 0 Å². The van der Waals surface area contributed by atoms with Crippen molar-refractivity contribution in [1.29, 1.82) is 0 Å². The molecule has 0 atom stereocenters. The summed E-state index contributed by atoms with van der Waals surface area (Å²) in [6.45, 7) is 2.56. The van der Waals surface area contributed by atoms with E-state index in [0.29, 0.717) is 24.2 Å². The zero-order valence-corrected chi connectivity index (χ0v) is 14.4. The third kappa shape index (κ3) is 4.36. The van der Waals surface area contributed by atoms with Crippen molar-refractivity contribution in [3.63, 3.8) is 0 Å². The van der Waals surface area contributed by atoms with Crippen LogP contribution in [0.3, 0.4) is 0 Å². The molecule has 3 aromatic rings. The van der Waals surface area contributed by atoms with Crippen LogP contribution in [0.4, 0.5) is 0 Å². The normalized spacial score (nSPS) is 10.3. The molecule has 132 valence electrons. The van der Waals surface area contributed by atoms with Crippen molar-refractivity contribution in [2.24, 2.45) is 0 Å². The van der Waals surface area contributed by atoms with Gasteiger partial charge in [0.2, 0.25) is 0 Å². The number of aryl methyl sites for hydroxylation is 1. The molecular formula is C20H19N3O3. The van der Waals surface area contributed by atoms with Crippen molar-refractivity contribution in [3.8, 4) is 11.3 Å². The van der Waals surface area contributed by atoms with Crippen LogP contribution in [-0.4, -0.2) is 29.9 Å². The number of nitrogens with zero attached hydrogens (tertiary/aromatic N) is 1. The molecular weight excluding hydrogens is 330 g/mol. The van der Waals surface area contributed by atoms with Crippen LogP contribution in [0.15, 0.2) is 65.3 Å². The number of hydrogen-bond donors (Lipinski definition) is 2. The molecule has 6 heteroatoms. The van der Waals surface area contributed by atoms with Crippen LogP contribution in [0.2, 0.25) is 0 Å². The number of pyridine rings is 1. The summed E-state index contributed by atoms with van der Waals surface area (Å²) in [5.74, 6) is 1.20. The number of benzene rings is 1. The SMILES string of the molecule is Cc1ccc(-c2ccc(C(=O)NCCNC(=O)c3cccnc3)cc2)o1. The molecule has 2 amide bonds. The van der Waals surface area contributed by atoms with E-state index in [9.17, 15) is 9.59 Å². The van der Waals surface area contributed by atoms with Gasteiger partial charge in [0.05, 0.1) is 5.56 Å². The largest absolute Gasteiger partial charge is 0.461 e. The summed E-state index contributed by atoms with van der Waals surface area (Å²) >= 11 is 0. The molecule has 0 unspecified atom stereocenters. The van der Waals surface area contributed by atoms with Crippen molar-refractivity contribution < 1.29 is 14.0 Å². The topological polar surface area (TPSA) is 84.2 Å². The van der Waals surface area contributed by atoms with Crippen LogP contribution in [-0.2, 0) is 0 Å². The molecule has 0 fully saturated rings. The second kappa shape index (κ2) is 8.11. The van der Waals surface area contributed by atoms with Gasteiger partial charge in [0.1, 0.15) is 11.5 Å². The van der Waals surface area contributed by atoms with Gasteiger partial charge in [-0.2, -0.15) is 0 Å². The zero-order chi connectivity index (χ0) is 18.4. The summed E-state index contributed by atoms with van der Waals surface area (Å²) in [6, 6.07) is 14.4. The quantitative estimate of drug-likeness (QED) is 0.670. The van der Waals surface area contributed by atoms with Crippen molar-refractivity contribution in [1.82, 2.24) is 15.6 Å². The zero-order valence-electron chi connectivity index (χ0n) is 14.4. The molecule has 2 heterocycles. The average Bonchev–Trinajstić information content (AvgIpc) is 3.12. The first kappa shape index (κ1) is 17.4. The van der Waals surface area contributed by atoms with Crippen molar-refractivity contribution in [3.05, 3.63) is 77.8 Å². The average molecular weight is 349 g/mol. The van der Waals surface area contributed by atoms with Crippen LogP contribution in [0.1, 0.15) is 26.5 Å². The van der Waals surface area contributed by atoms with Crippen molar-refractivity contribution >= 4 is 11.8 Å². The van der Waals surface area contributed by atoms with E-state index in [2.05, 4.69) is 15.6 Å². The predicted molar refractivity (Wildman–Crippen MR) is 97.8 cm³/mol. The molecule has 6 nitrogen and oxygen atoms in total. The Balaban J connectivity index is 1.47. The van der Waals surface area contributed by atoms with E-state index < -0.39 is 0 Å². The predicted octanol–water partition coefficient (Wildman–Crippen LogP) is 2.81. The Labute approximate surface area is 151 Å². The Morgan fingerprint density at radius 3 is 2.19 bits per heavy atom. The van der Waals surface area contributed by atoms with Gasteiger partial charge in [0, 0.05) is 36.6 Å². The third-order valence-electron chi connectivity index (χ3n) is 3.79. The molecule has 3 rings (SSSR count). The van der Waals surface area contributed by atoms with Gasteiger partial charge in [-0.05, 0) is 43.3 Å².